The molecule has 0 aliphatic carbocycles. The number of carbonyl (C=O) groups excluding carboxylic acids is 1. The first-order chi connectivity index (χ1) is 14.7. The zero-order valence-electron chi connectivity index (χ0n) is 17.6. The van der Waals surface area contributed by atoms with E-state index in [0.717, 1.165) is 25.1 Å². The molecule has 0 atom stereocenters. The lowest BCUT2D eigenvalue weighted by Gasteiger charge is -2.30. The van der Waals surface area contributed by atoms with Crippen molar-refractivity contribution >= 4 is 21.6 Å². The lowest BCUT2D eigenvalue weighted by molar-refractivity contribution is -0.120. The lowest BCUT2D eigenvalue weighted by atomic mass is 9.97. The van der Waals surface area contributed by atoms with Gasteiger partial charge < -0.3 is 10.2 Å². The largest absolute Gasteiger partial charge is 0.326 e. The van der Waals surface area contributed by atoms with E-state index in [-0.39, 0.29) is 29.8 Å². The molecule has 9 heteroatoms. The maximum absolute atomic E-state index is 13.4. The third kappa shape index (κ3) is 5.87. The van der Waals surface area contributed by atoms with E-state index in [1.165, 1.54) is 9.87 Å². The molecule has 0 unspecified atom stereocenters. The predicted molar refractivity (Wildman–Crippen MR) is 115 cm³/mol. The van der Waals surface area contributed by atoms with Gasteiger partial charge in [-0.05, 0) is 69.3 Å². The highest BCUT2D eigenvalue weighted by Crippen LogP contribution is 2.26. The van der Waals surface area contributed by atoms with Crippen molar-refractivity contribution in [1.29, 1.82) is 0 Å². The maximum atomic E-state index is 13.4. The minimum absolute atomic E-state index is 0.142. The Labute approximate surface area is 181 Å². The van der Waals surface area contributed by atoms with Gasteiger partial charge in [-0.2, -0.15) is 4.31 Å². The van der Waals surface area contributed by atoms with Crippen molar-refractivity contribution in [3.05, 3.63) is 59.7 Å². The normalized spacial score (nSPS) is 15.9. The SMILES string of the molecule is CN(C)CCc1ccc(NC(=O)C2CCN(S(=O)(=O)c3ccc(F)c(F)c3)CC2)cc1. The van der Waals surface area contributed by atoms with E-state index in [9.17, 15) is 22.0 Å². The zero-order chi connectivity index (χ0) is 22.6. The van der Waals surface area contributed by atoms with Crippen LogP contribution in [0.15, 0.2) is 47.4 Å². The zero-order valence-corrected chi connectivity index (χ0v) is 18.5. The molecular weight excluding hydrogens is 424 g/mol. The van der Waals surface area contributed by atoms with Gasteiger partial charge >= 0.3 is 0 Å². The minimum Gasteiger partial charge on any atom is -0.326 e. The maximum Gasteiger partial charge on any atom is 0.243 e. The predicted octanol–water partition coefficient (Wildman–Crippen LogP) is 3.11. The Hall–Kier alpha value is -2.36. The second-order valence-corrected chi connectivity index (χ2v) is 9.93. The van der Waals surface area contributed by atoms with Crippen molar-refractivity contribution < 1.29 is 22.0 Å². The molecule has 0 spiro atoms. The first-order valence-corrected chi connectivity index (χ1v) is 11.6. The monoisotopic (exact) mass is 451 g/mol. The van der Waals surface area contributed by atoms with Crippen LogP contribution in [-0.2, 0) is 21.2 Å². The van der Waals surface area contributed by atoms with Crippen LogP contribution in [0.3, 0.4) is 0 Å². The molecule has 0 aromatic heterocycles. The van der Waals surface area contributed by atoms with E-state index in [1.807, 2.05) is 38.4 Å². The molecule has 1 amide bonds. The van der Waals surface area contributed by atoms with Crippen LogP contribution in [-0.4, -0.2) is 57.3 Å². The molecule has 2 aromatic rings. The van der Waals surface area contributed by atoms with Crippen LogP contribution in [0.4, 0.5) is 14.5 Å². The molecule has 1 aliphatic heterocycles. The van der Waals surface area contributed by atoms with Crippen LogP contribution >= 0.6 is 0 Å². The number of amides is 1. The third-order valence-electron chi connectivity index (χ3n) is 5.42. The number of carbonyl (C=O) groups is 1. The summed E-state index contributed by atoms with van der Waals surface area (Å²) in [5.41, 5.74) is 1.89. The average molecular weight is 452 g/mol. The fourth-order valence-corrected chi connectivity index (χ4v) is 4.98. The van der Waals surface area contributed by atoms with Gasteiger partial charge in [0.15, 0.2) is 11.6 Å². The quantitative estimate of drug-likeness (QED) is 0.702. The smallest absolute Gasteiger partial charge is 0.243 e. The van der Waals surface area contributed by atoms with Crippen molar-refractivity contribution in [2.24, 2.45) is 5.92 Å². The number of sulfonamides is 1. The molecule has 1 aliphatic rings. The summed E-state index contributed by atoms with van der Waals surface area (Å²) in [7, 11) is 0.0996. The Morgan fingerprint density at radius 1 is 1.06 bits per heavy atom. The van der Waals surface area contributed by atoms with E-state index in [2.05, 4.69) is 10.2 Å². The highest BCUT2D eigenvalue weighted by molar-refractivity contribution is 7.89. The Balaban J connectivity index is 1.55. The summed E-state index contributed by atoms with van der Waals surface area (Å²) in [6, 6.07) is 10.2. The number of benzene rings is 2. The summed E-state index contributed by atoms with van der Waals surface area (Å²) < 4.78 is 53.1. The third-order valence-corrected chi connectivity index (χ3v) is 7.32. The van der Waals surface area contributed by atoms with Gasteiger partial charge in [0.2, 0.25) is 15.9 Å². The van der Waals surface area contributed by atoms with E-state index in [1.54, 1.807) is 0 Å². The fourth-order valence-electron chi connectivity index (χ4n) is 3.50. The summed E-state index contributed by atoms with van der Waals surface area (Å²) >= 11 is 0. The van der Waals surface area contributed by atoms with E-state index < -0.39 is 21.7 Å². The molecule has 31 heavy (non-hydrogen) atoms. The van der Waals surface area contributed by atoms with Crippen LogP contribution in [0.25, 0.3) is 0 Å². The number of nitrogens with zero attached hydrogens (tertiary/aromatic N) is 2. The van der Waals surface area contributed by atoms with Gasteiger partial charge in [-0.25, -0.2) is 17.2 Å². The number of halogens is 2. The van der Waals surface area contributed by atoms with E-state index >= 15 is 0 Å². The fraction of sp³-hybridized carbons (Fsp3) is 0.409. The molecule has 1 fully saturated rings. The number of nitrogens with one attached hydrogen (secondary N) is 1. The van der Waals surface area contributed by atoms with E-state index in [0.29, 0.717) is 24.6 Å². The van der Waals surface area contributed by atoms with Crippen molar-refractivity contribution in [3.63, 3.8) is 0 Å². The number of rotatable bonds is 7. The Morgan fingerprint density at radius 3 is 2.29 bits per heavy atom. The van der Waals surface area contributed by atoms with Gasteiger partial charge in [0.1, 0.15) is 0 Å². The second-order valence-electron chi connectivity index (χ2n) is 7.99. The summed E-state index contributed by atoms with van der Waals surface area (Å²) in [5, 5.41) is 2.89. The lowest BCUT2D eigenvalue weighted by Crippen LogP contribution is -2.41. The molecule has 0 radical (unpaired) electrons. The van der Waals surface area contributed by atoms with Crippen LogP contribution in [0.2, 0.25) is 0 Å². The second kappa shape index (κ2) is 9.84. The number of hydrogen-bond acceptors (Lipinski definition) is 4. The van der Waals surface area contributed by atoms with Gasteiger partial charge in [0.25, 0.3) is 0 Å². The average Bonchev–Trinajstić information content (AvgIpc) is 2.75. The molecule has 1 saturated heterocycles. The van der Waals surface area contributed by atoms with Crippen molar-refractivity contribution in [2.45, 2.75) is 24.2 Å². The van der Waals surface area contributed by atoms with Gasteiger partial charge in [-0.3, -0.25) is 4.79 Å². The molecule has 2 aromatic carbocycles. The highest BCUT2D eigenvalue weighted by atomic mass is 32.2. The van der Waals surface area contributed by atoms with Crippen molar-refractivity contribution in [1.82, 2.24) is 9.21 Å². The molecule has 6 nitrogen and oxygen atoms in total. The summed E-state index contributed by atoms with van der Waals surface area (Å²) in [5.74, 6) is -2.76. The number of anilines is 1. The van der Waals surface area contributed by atoms with Gasteiger partial charge in [0, 0.05) is 31.2 Å². The van der Waals surface area contributed by atoms with Crippen LogP contribution < -0.4 is 5.32 Å². The summed E-state index contributed by atoms with van der Waals surface area (Å²) in [6.45, 7) is 1.23. The van der Waals surface area contributed by atoms with Gasteiger partial charge in [0.05, 0.1) is 4.90 Å². The molecule has 0 bridgehead atoms. The first-order valence-electron chi connectivity index (χ1n) is 10.2. The van der Waals surface area contributed by atoms with Crippen molar-refractivity contribution in [3.8, 4) is 0 Å². The molecule has 168 valence electrons. The number of likely N-dealkylation sites (N-methyl/N-ethyl adjacent to an activating group) is 1. The Morgan fingerprint density at radius 2 is 1.71 bits per heavy atom. The van der Waals surface area contributed by atoms with E-state index in [4.69, 9.17) is 0 Å². The topological polar surface area (TPSA) is 69.7 Å². The van der Waals surface area contributed by atoms with Gasteiger partial charge in [-0.15, -0.1) is 0 Å². The molecule has 1 N–H and O–H groups in total. The number of piperidine rings is 1. The van der Waals surface area contributed by atoms with Crippen molar-refractivity contribution in [2.75, 3.05) is 39.0 Å². The molecule has 3 rings (SSSR count). The molecule has 1 heterocycles. The van der Waals surface area contributed by atoms with Crippen LogP contribution in [0.1, 0.15) is 18.4 Å². The summed E-state index contributed by atoms with van der Waals surface area (Å²) in [6.07, 6.45) is 1.64. The Bertz CT molecular complexity index is 1020. The van der Waals surface area contributed by atoms with Crippen LogP contribution in [0.5, 0.6) is 0 Å². The van der Waals surface area contributed by atoms with Gasteiger partial charge in [-0.1, -0.05) is 12.1 Å². The first kappa shape index (κ1) is 23.3. The standard InChI is InChI=1S/C22H27F2N3O3S/c1-26(2)12-9-16-3-5-18(6-4-16)25-22(28)17-10-13-27(14-11-17)31(29,30)19-7-8-20(23)21(24)15-19/h3-8,15,17H,9-14H2,1-2H3,(H,25,28). The summed E-state index contributed by atoms with van der Waals surface area (Å²) in [4.78, 5) is 14.4. The highest BCUT2D eigenvalue weighted by Gasteiger charge is 2.32. The minimum atomic E-state index is -3.93. The molecule has 0 saturated carbocycles. The number of hydrogen-bond donors (Lipinski definition) is 1. The Kier molecular flexibility index (Phi) is 7.40. The molecular formula is C22H27F2N3O3S. The van der Waals surface area contributed by atoms with Crippen LogP contribution in [0, 0.1) is 17.6 Å².